The predicted octanol–water partition coefficient (Wildman–Crippen LogP) is -0.177. The van der Waals surface area contributed by atoms with E-state index in [2.05, 4.69) is 10.6 Å². The lowest BCUT2D eigenvalue weighted by molar-refractivity contribution is -0.137. The number of hydrogen-bond donors (Lipinski definition) is 4. The Balaban J connectivity index is 3.24. The van der Waals surface area contributed by atoms with Crippen LogP contribution in [0.15, 0.2) is 0 Å². The predicted molar refractivity (Wildman–Crippen MR) is 72.1 cm³/mol. The minimum absolute atomic E-state index is 0.153. The van der Waals surface area contributed by atoms with Crippen molar-refractivity contribution in [2.24, 2.45) is 5.73 Å². The number of carboxylic acids is 1. The Morgan fingerprint density at radius 1 is 1.00 bits per heavy atom. The van der Waals surface area contributed by atoms with Crippen molar-refractivity contribution in [3.05, 3.63) is 0 Å². The van der Waals surface area contributed by atoms with Gasteiger partial charge in [-0.15, -0.1) is 0 Å². The third kappa shape index (κ3) is 14.2. The third-order valence-electron chi connectivity index (χ3n) is 2.38. The monoisotopic (exact) mass is 289 g/mol. The number of aliphatic carboxylic acids is 1. The number of carbonyl (C=O) groups is 3. The van der Waals surface area contributed by atoms with Crippen LogP contribution in [0.1, 0.15) is 32.1 Å². The summed E-state index contributed by atoms with van der Waals surface area (Å²) < 4.78 is 4.87. The molecule has 8 nitrogen and oxygen atoms in total. The minimum atomic E-state index is -0.777. The number of hydrogen-bond acceptors (Lipinski definition) is 4. The van der Waals surface area contributed by atoms with E-state index in [0.29, 0.717) is 19.5 Å². The molecule has 0 atom stereocenters. The van der Waals surface area contributed by atoms with Gasteiger partial charge in [-0.3, -0.25) is 9.59 Å². The SMILES string of the molecule is NC(=O)COCCNC(=O)NCCCCCCC(=O)O. The van der Waals surface area contributed by atoms with Crippen LogP contribution in [0.4, 0.5) is 4.79 Å². The molecule has 5 N–H and O–H groups in total. The van der Waals surface area contributed by atoms with Gasteiger partial charge in [-0.25, -0.2) is 4.79 Å². The Kier molecular flexibility index (Phi) is 11.1. The molecule has 0 saturated carbocycles. The summed E-state index contributed by atoms with van der Waals surface area (Å²) in [5, 5.41) is 13.7. The van der Waals surface area contributed by atoms with E-state index in [0.717, 1.165) is 19.3 Å². The van der Waals surface area contributed by atoms with Gasteiger partial charge in [0.05, 0.1) is 6.61 Å². The molecule has 0 radical (unpaired) electrons. The third-order valence-corrected chi connectivity index (χ3v) is 2.38. The summed E-state index contributed by atoms with van der Waals surface area (Å²) in [5.74, 6) is -1.32. The van der Waals surface area contributed by atoms with Crippen LogP contribution in [0.3, 0.4) is 0 Å². The number of primary amides is 1. The number of rotatable bonds is 12. The molecular weight excluding hydrogens is 266 g/mol. The van der Waals surface area contributed by atoms with Crippen molar-refractivity contribution in [2.45, 2.75) is 32.1 Å². The first-order chi connectivity index (χ1) is 9.52. The highest BCUT2D eigenvalue weighted by atomic mass is 16.5. The number of ether oxygens (including phenoxy) is 1. The van der Waals surface area contributed by atoms with Gasteiger partial charge in [0.15, 0.2) is 0 Å². The van der Waals surface area contributed by atoms with Crippen LogP contribution in [-0.2, 0) is 14.3 Å². The number of unbranched alkanes of at least 4 members (excludes halogenated alkanes) is 3. The molecule has 0 aromatic rings. The summed E-state index contributed by atoms with van der Waals surface area (Å²) in [4.78, 5) is 31.9. The fourth-order valence-electron chi connectivity index (χ4n) is 1.43. The summed E-state index contributed by atoms with van der Waals surface area (Å²) >= 11 is 0. The molecule has 8 heteroatoms. The van der Waals surface area contributed by atoms with Crippen LogP contribution in [0.25, 0.3) is 0 Å². The van der Waals surface area contributed by atoms with Crippen LogP contribution in [0.5, 0.6) is 0 Å². The standard InChI is InChI=1S/C12H23N3O5/c13-10(16)9-20-8-7-15-12(19)14-6-4-2-1-3-5-11(17)18/h1-9H2,(H2,13,16)(H,17,18)(H2,14,15,19). The molecule has 0 spiro atoms. The second-order valence-corrected chi connectivity index (χ2v) is 4.26. The topological polar surface area (TPSA) is 131 Å². The summed E-state index contributed by atoms with van der Waals surface area (Å²) in [6, 6.07) is -0.293. The smallest absolute Gasteiger partial charge is 0.314 e. The first-order valence-corrected chi connectivity index (χ1v) is 6.62. The zero-order valence-corrected chi connectivity index (χ0v) is 11.5. The Morgan fingerprint density at radius 3 is 2.30 bits per heavy atom. The number of amides is 3. The molecule has 0 fully saturated rings. The number of nitrogens with two attached hydrogens (primary N) is 1. The average molecular weight is 289 g/mol. The Morgan fingerprint density at radius 2 is 1.65 bits per heavy atom. The second kappa shape index (κ2) is 12.2. The number of urea groups is 1. The molecule has 0 aromatic heterocycles. The molecule has 0 unspecified atom stereocenters. The molecule has 0 bridgehead atoms. The van der Waals surface area contributed by atoms with E-state index in [1.807, 2.05) is 0 Å². The lowest BCUT2D eigenvalue weighted by Gasteiger charge is -2.07. The van der Waals surface area contributed by atoms with Gasteiger partial charge in [0.25, 0.3) is 0 Å². The summed E-state index contributed by atoms with van der Waals surface area (Å²) in [6.07, 6.45) is 3.40. The van der Waals surface area contributed by atoms with Gasteiger partial charge in [0.1, 0.15) is 6.61 Å². The quantitative estimate of drug-likeness (QED) is 0.370. The molecule has 0 aromatic carbocycles. The molecule has 0 heterocycles. The highest BCUT2D eigenvalue weighted by Gasteiger charge is 2.00. The lowest BCUT2D eigenvalue weighted by atomic mass is 10.1. The van der Waals surface area contributed by atoms with E-state index in [-0.39, 0.29) is 25.7 Å². The lowest BCUT2D eigenvalue weighted by Crippen LogP contribution is -2.38. The fourth-order valence-corrected chi connectivity index (χ4v) is 1.43. The van der Waals surface area contributed by atoms with Crippen molar-refractivity contribution >= 4 is 17.9 Å². The second-order valence-electron chi connectivity index (χ2n) is 4.26. The largest absolute Gasteiger partial charge is 0.481 e. The Bertz CT molecular complexity index is 309. The molecule has 0 aliphatic carbocycles. The fraction of sp³-hybridized carbons (Fsp3) is 0.750. The van der Waals surface area contributed by atoms with Crippen LogP contribution < -0.4 is 16.4 Å². The highest BCUT2D eigenvalue weighted by molar-refractivity contribution is 5.75. The van der Waals surface area contributed by atoms with Crippen molar-refractivity contribution in [2.75, 3.05) is 26.3 Å². The average Bonchev–Trinajstić information content (AvgIpc) is 2.36. The van der Waals surface area contributed by atoms with E-state index in [1.165, 1.54) is 0 Å². The van der Waals surface area contributed by atoms with Crippen LogP contribution in [0, 0.1) is 0 Å². The molecule has 20 heavy (non-hydrogen) atoms. The van der Waals surface area contributed by atoms with Crippen molar-refractivity contribution in [3.8, 4) is 0 Å². The first kappa shape index (κ1) is 18.2. The van der Waals surface area contributed by atoms with Gasteiger partial charge < -0.3 is 26.2 Å². The molecule has 0 aliphatic heterocycles. The maximum atomic E-state index is 11.3. The van der Waals surface area contributed by atoms with Crippen molar-refractivity contribution in [1.29, 1.82) is 0 Å². The maximum absolute atomic E-state index is 11.3. The minimum Gasteiger partial charge on any atom is -0.481 e. The van der Waals surface area contributed by atoms with E-state index < -0.39 is 11.9 Å². The zero-order valence-electron chi connectivity index (χ0n) is 11.5. The summed E-state index contributed by atoms with van der Waals surface area (Å²) in [5.41, 5.74) is 4.87. The molecular formula is C12H23N3O5. The molecule has 0 aliphatic rings. The summed E-state index contributed by atoms with van der Waals surface area (Å²) in [7, 11) is 0. The van der Waals surface area contributed by atoms with Gasteiger partial charge in [-0.2, -0.15) is 0 Å². The van der Waals surface area contributed by atoms with Crippen molar-refractivity contribution < 1.29 is 24.2 Å². The molecule has 0 rings (SSSR count). The molecule has 116 valence electrons. The van der Waals surface area contributed by atoms with Crippen molar-refractivity contribution in [3.63, 3.8) is 0 Å². The van der Waals surface area contributed by atoms with E-state index >= 15 is 0 Å². The zero-order chi connectivity index (χ0) is 15.2. The van der Waals surface area contributed by atoms with Gasteiger partial charge in [0, 0.05) is 19.5 Å². The first-order valence-electron chi connectivity index (χ1n) is 6.62. The highest BCUT2D eigenvalue weighted by Crippen LogP contribution is 2.01. The van der Waals surface area contributed by atoms with E-state index in [9.17, 15) is 14.4 Å². The van der Waals surface area contributed by atoms with Crippen LogP contribution in [-0.4, -0.2) is 49.3 Å². The van der Waals surface area contributed by atoms with E-state index in [4.69, 9.17) is 15.6 Å². The van der Waals surface area contributed by atoms with Gasteiger partial charge >= 0.3 is 12.0 Å². The van der Waals surface area contributed by atoms with Gasteiger partial charge in [-0.05, 0) is 12.8 Å². The van der Waals surface area contributed by atoms with Crippen LogP contribution >= 0.6 is 0 Å². The number of carboxylic acid groups (broad SMARTS) is 1. The maximum Gasteiger partial charge on any atom is 0.314 e. The molecule has 3 amide bonds. The van der Waals surface area contributed by atoms with Gasteiger partial charge in [0.2, 0.25) is 5.91 Å². The number of nitrogens with one attached hydrogen (secondary N) is 2. The van der Waals surface area contributed by atoms with Crippen LogP contribution in [0.2, 0.25) is 0 Å². The Hall–Kier alpha value is -1.83. The Labute approximate surface area is 118 Å². The van der Waals surface area contributed by atoms with E-state index in [1.54, 1.807) is 0 Å². The normalized spacial score (nSPS) is 10.0. The number of carbonyl (C=O) groups excluding carboxylic acids is 2. The van der Waals surface area contributed by atoms with Crippen molar-refractivity contribution in [1.82, 2.24) is 10.6 Å². The van der Waals surface area contributed by atoms with Gasteiger partial charge in [-0.1, -0.05) is 12.8 Å². The summed E-state index contributed by atoms with van der Waals surface area (Å²) in [6.45, 7) is 0.921. The molecule has 0 saturated heterocycles.